The van der Waals surface area contributed by atoms with Gasteiger partial charge in [-0.05, 0) is 6.07 Å². The molecular weight excluding hydrogens is 283 g/mol. The number of anilines is 1. The highest BCUT2D eigenvalue weighted by molar-refractivity contribution is 5.23. The molecule has 0 spiro atoms. The molecule has 0 bridgehead atoms. The molecule has 2 rings (SSSR count). The summed E-state index contributed by atoms with van der Waals surface area (Å²) in [5, 5.41) is 18.6. The lowest BCUT2D eigenvalue weighted by Crippen LogP contribution is -2.50. The van der Waals surface area contributed by atoms with E-state index in [-0.39, 0.29) is 5.82 Å². The predicted molar refractivity (Wildman–Crippen MR) is 59.8 cm³/mol. The molecule has 7 nitrogen and oxygen atoms in total. The summed E-state index contributed by atoms with van der Waals surface area (Å²) in [6.45, 7) is -1.35. The zero-order valence-electron chi connectivity index (χ0n) is 9.99. The Hall–Kier alpha value is -1.65. The Balaban J connectivity index is 2.42. The lowest BCUT2D eigenvalue weighted by atomic mass is 9.98. The van der Waals surface area contributed by atoms with E-state index < -0.39 is 42.8 Å². The Bertz CT molecular complexity index is 555. The van der Waals surface area contributed by atoms with Gasteiger partial charge in [0.05, 0.1) is 6.61 Å². The molecule has 1 fully saturated rings. The van der Waals surface area contributed by atoms with Gasteiger partial charge in [-0.2, -0.15) is 4.98 Å². The van der Waals surface area contributed by atoms with Crippen molar-refractivity contribution in [3.63, 3.8) is 0 Å². The van der Waals surface area contributed by atoms with Gasteiger partial charge in [0.25, 0.3) is 6.43 Å². The number of halogens is 3. The van der Waals surface area contributed by atoms with E-state index in [1.54, 1.807) is 0 Å². The van der Waals surface area contributed by atoms with E-state index in [0.717, 1.165) is 12.3 Å². The first kappa shape index (κ1) is 14.8. The number of nitrogens with two attached hydrogens (primary N) is 1. The number of rotatable bonds is 3. The van der Waals surface area contributed by atoms with Gasteiger partial charge in [-0.3, -0.25) is 4.57 Å². The summed E-state index contributed by atoms with van der Waals surface area (Å²) in [5.74, 6) is -0.127. The van der Waals surface area contributed by atoms with Crippen LogP contribution in [0.3, 0.4) is 0 Å². The number of hydrogen-bond acceptors (Lipinski definition) is 6. The highest BCUT2D eigenvalue weighted by atomic mass is 19.3. The van der Waals surface area contributed by atoms with Crippen LogP contribution >= 0.6 is 0 Å². The summed E-state index contributed by atoms with van der Waals surface area (Å²) in [6, 6.07) is 1.16. The average molecular weight is 295 g/mol. The number of aliphatic hydroxyl groups is 2. The smallest absolute Gasteiger partial charge is 0.351 e. The fourth-order valence-electron chi connectivity index (χ4n) is 2.00. The molecule has 0 unspecified atom stereocenters. The van der Waals surface area contributed by atoms with Gasteiger partial charge >= 0.3 is 5.69 Å². The van der Waals surface area contributed by atoms with Crippen LogP contribution in [-0.2, 0) is 4.74 Å². The standard InChI is InChI=1S/C10H12F3N3O4/c11-6-5(18)7(20-10(6,3-17)8(12)13)16-2-1-4(14)15-9(16)19/h1-2,5-8,17-18H,3H2,(H2,14,15,19)/t5-,6-,7-,10-/m1/s1. The Labute approximate surface area is 110 Å². The minimum atomic E-state index is -3.39. The molecule has 1 saturated heterocycles. The molecule has 0 aromatic carbocycles. The van der Waals surface area contributed by atoms with E-state index in [2.05, 4.69) is 4.98 Å². The molecule has 0 saturated carbocycles. The van der Waals surface area contributed by atoms with Crippen LogP contribution in [0.4, 0.5) is 19.0 Å². The van der Waals surface area contributed by atoms with Gasteiger partial charge in [0.2, 0.25) is 0 Å². The first-order chi connectivity index (χ1) is 9.33. The SMILES string of the molecule is Nc1ccn([C@@H]2O[C@@](CO)(C(F)F)[C@H](F)[C@H]2O)c(=O)n1. The van der Waals surface area contributed by atoms with Crippen molar-refractivity contribution in [2.45, 2.75) is 30.5 Å². The molecule has 1 aliphatic heterocycles. The van der Waals surface area contributed by atoms with Crippen LogP contribution in [0, 0.1) is 0 Å². The number of ether oxygens (including phenoxy) is 1. The molecule has 4 N–H and O–H groups in total. The maximum Gasteiger partial charge on any atom is 0.351 e. The Morgan fingerprint density at radius 2 is 2.25 bits per heavy atom. The highest BCUT2D eigenvalue weighted by Crippen LogP contribution is 2.42. The van der Waals surface area contributed by atoms with Gasteiger partial charge in [0.1, 0.15) is 11.9 Å². The van der Waals surface area contributed by atoms with Crippen molar-refractivity contribution in [1.82, 2.24) is 9.55 Å². The first-order valence-electron chi connectivity index (χ1n) is 5.57. The Kier molecular flexibility index (Phi) is 3.71. The predicted octanol–water partition coefficient (Wildman–Crippen LogP) is -0.950. The van der Waals surface area contributed by atoms with E-state index in [9.17, 15) is 23.1 Å². The van der Waals surface area contributed by atoms with E-state index >= 15 is 0 Å². The summed E-state index contributed by atoms with van der Waals surface area (Å²) >= 11 is 0. The van der Waals surface area contributed by atoms with Gasteiger partial charge in [-0.15, -0.1) is 0 Å². The third kappa shape index (κ3) is 2.05. The molecule has 0 radical (unpaired) electrons. The number of hydrogen-bond donors (Lipinski definition) is 3. The fourth-order valence-corrected chi connectivity index (χ4v) is 2.00. The van der Waals surface area contributed by atoms with Crippen LogP contribution in [0.5, 0.6) is 0 Å². The van der Waals surface area contributed by atoms with Crippen molar-refractivity contribution in [1.29, 1.82) is 0 Å². The molecule has 112 valence electrons. The molecular formula is C10H12F3N3O4. The zero-order valence-corrected chi connectivity index (χ0v) is 9.99. The minimum Gasteiger partial charge on any atom is -0.393 e. The average Bonchev–Trinajstić information content (AvgIpc) is 2.64. The van der Waals surface area contributed by atoms with Crippen molar-refractivity contribution in [2.24, 2.45) is 0 Å². The van der Waals surface area contributed by atoms with E-state index in [1.165, 1.54) is 0 Å². The highest BCUT2D eigenvalue weighted by Gasteiger charge is 2.61. The molecule has 4 atom stereocenters. The van der Waals surface area contributed by atoms with Crippen molar-refractivity contribution in [3.8, 4) is 0 Å². The number of nitrogen functional groups attached to an aromatic ring is 1. The van der Waals surface area contributed by atoms with Crippen LogP contribution < -0.4 is 11.4 Å². The zero-order chi connectivity index (χ0) is 15.1. The monoisotopic (exact) mass is 295 g/mol. The Morgan fingerprint density at radius 3 is 2.70 bits per heavy atom. The van der Waals surface area contributed by atoms with Crippen molar-refractivity contribution >= 4 is 5.82 Å². The second kappa shape index (κ2) is 5.04. The number of aliphatic hydroxyl groups excluding tert-OH is 2. The van der Waals surface area contributed by atoms with Gasteiger partial charge in [-0.1, -0.05) is 0 Å². The minimum absolute atomic E-state index is 0.127. The molecule has 2 heterocycles. The topological polar surface area (TPSA) is 111 Å². The van der Waals surface area contributed by atoms with Crippen molar-refractivity contribution in [3.05, 3.63) is 22.7 Å². The molecule has 0 amide bonds. The van der Waals surface area contributed by atoms with E-state index in [1.807, 2.05) is 0 Å². The van der Waals surface area contributed by atoms with Crippen LogP contribution in [0.1, 0.15) is 6.23 Å². The largest absolute Gasteiger partial charge is 0.393 e. The van der Waals surface area contributed by atoms with Crippen molar-refractivity contribution < 1.29 is 28.1 Å². The lowest BCUT2D eigenvalue weighted by Gasteiger charge is -2.27. The van der Waals surface area contributed by atoms with Crippen molar-refractivity contribution in [2.75, 3.05) is 12.3 Å². The van der Waals surface area contributed by atoms with E-state index in [0.29, 0.717) is 4.57 Å². The third-order valence-electron chi connectivity index (χ3n) is 3.14. The molecule has 1 aromatic heterocycles. The fraction of sp³-hybridized carbons (Fsp3) is 0.600. The summed E-state index contributed by atoms with van der Waals surface area (Å²) < 4.78 is 45.1. The van der Waals surface area contributed by atoms with Crippen LogP contribution in [0.25, 0.3) is 0 Å². The molecule has 10 heteroatoms. The quantitative estimate of drug-likeness (QED) is 0.663. The van der Waals surface area contributed by atoms with Crippen LogP contribution in [0.15, 0.2) is 17.1 Å². The van der Waals surface area contributed by atoms with E-state index in [4.69, 9.17) is 15.6 Å². The number of alkyl halides is 3. The summed E-state index contributed by atoms with van der Waals surface area (Å²) in [5.41, 5.74) is 1.37. The lowest BCUT2D eigenvalue weighted by molar-refractivity contribution is -0.186. The van der Waals surface area contributed by atoms with Gasteiger partial charge in [0.15, 0.2) is 18.0 Å². The molecule has 1 aromatic rings. The number of aromatic nitrogens is 2. The molecule has 20 heavy (non-hydrogen) atoms. The maximum absolute atomic E-state index is 13.9. The Morgan fingerprint density at radius 1 is 1.60 bits per heavy atom. The first-order valence-corrected chi connectivity index (χ1v) is 5.57. The second-order valence-corrected chi connectivity index (χ2v) is 4.36. The normalized spacial score (nSPS) is 33.8. The summed E-state index contributed by atoms with van der Waals surface area (Å²) in [7, 11) is 0. The maximum atomic E-state index is 13.9. The summed E-state index contributed by atoms with van der Waals surface area (Å²) in [6.07, 6.45) is -8.71. The number of nitrogens with zero attached hydrogens (tertiary/aromatic N) is 2. The second-order valence-electron chi connectivity index (χ2n) is 4.36. The van der Waals surface area contributed by atoms with Gasteiger partial charge in [-0.25, -0.2) is 18.0 Å². The molecule has 0 aliphatic carbocycles. The van der Waals surface area contributed by atoms with Crippen LogP contribution in [-0.4, -0.2) is 50.7 Å². The van der Waals surface area contributed by atoms with Crippen LogP contribution in [0.2, 0.25) is 0 Å². The van der Waals surface area contributed by atoms with Gasteiger partial charge < -0.3 is 20.7 Å². The summed E-state index contributed by atoms with van der Waals surface area (Å²) in [4.78, 5) is 14.9. The third-order valence-corrected chi connectivity index (χ3v) is 3.14. The molecule has 1 aliphatic rings. The van der Waals surface area contributed by atoms with Gasteiger partial charge in [0, 0.05) is 6.20 Å².